The Morgan fingerprint density at radius 2 is 1.56 bits per heavy atom. The molecule has 2 aliphatic heterocycles. The molecule has 0 aliphatic carbocycles. The molecule has 0 spiro atoms. The Labute approximate surface area is 144 Å². The van der Waals surface area contributed by atoms with Gasteiger partial charge in [-0.3, -0.25) is 9.98 Å². The summed E-state index contributed by atoms with van der Waals surface area (Å²) in [6.45, 7) is 0. The van der Waals surface area contributed by atoms with Crippen LogP contribution in [0.3, 0.4) is 0 Å². The van der Waals surface area contributed by atoms with Crippen molar-refractivity contribution in [2.45, 2.75) is 45.2 Å². The van der Waals surface area contributed by atoms with E-state index in [9.17, 15) is 19.2 Å². The van der Waals surface area contributed by atoms with Gasteiger partial charge in [0.1, 0.15) is 17.5 Å². The molecular formula is C15H21N2O8+. The monoisotopic (exact) mass is 357 g/mol. The Morgan fingerprint density at radius 1 is 0.960 bits per heavy atom. The number of aliphatic imine (C=N–C) groups is 2. The summed E-state index contributed by atoms with van der Waals surface area (Å²) in [4.78, 5) is 48.7. The van der Waals surface area contributed by atoms with Gasteiger partial charge < -0.3 is 20.4 Å². The lowest BCUT2D eigenvalue weighted by molar-refractivity contribution is -0.139. The number of carbonyl (C=O) groups is 4. The molecule has 2 heterocycles. The number of hydrogen-bond donors (Lipinski definition) is 4. The van der Waals surface area contributed by atoms with E-state index in [-0.39, 0.29) is 26.7 Å². The first-order valence-electron chi connectivity index (χ1n) is 6.95. The molecule has 4 N–H and O–H groups in total. The Hall–Kier alpha value is -3.04. The quantitative estimate of drug-likeness (QED) is 0.572. The zero-order chi connectivity index (χ0) is 18.3. The van der Waals surface area contributed by atoms with E-state index in [1.807, 2.05) is 0 Å². The van der Waals surface area contributed by atoms with Crippen molar-refractivity contribution in [2.75, 3.05) is 0 Å². The molecule has 0 saturated carbocycles. The number of nitrogens with zero attached hydrogens (tertiary/aromatic N) is 2. The molecular weight excluding hydrogens is 336 g/mol. The molecule has 0 aromatic rings. The predicted octanol–water partition coefficient (Wildman–Crippen LogP) is 0.823. The van der Waals surface area contributed by atoms with Gasteiger partial charge >= 0.3 is 25.3 Å². The van der Waals surface area contributed by atoms with Gasteiger partial charge in [0.05, 0.1) is 0 Å². The number of rotatable bonds is 4. The van der Waals surface area contributed by atoms with E-state index in [1.165, 1.54) is 12.2 Å². The van der Waals surface area contributed by atoms with Crippen LogP contribution in [-0.4, -0.2) is 67.8 Å². The minimum Gasteiger partial charge on any atom is -0.480 e. The summed E-state index contributed by atoms with van der Waals surface area (Å²) in [6.07, 6.45) is 4.45. The SMILES string of the molecule is C.O=C(O)C1=NC(C(=O)O)CC=C1.O=C(O)C1=NC(C(=O)O)CCC1.[H+]. The molecule has 2 unspecified atom stereocenters. The molecule has 138 valence electrons. The summed E-state index contributed by atoms with van der Waals surface area (Å²) >= 11 is 0. The fourth-order valence-corrected chi connectivity index (χ4v) is 1.98. The number of carboxylic acids is 4. The van der Waals surface area contributed by atoms with Crippen molar-refractivity contribution in [1.29, 1.82) is 0 Å². The Morgan fingerprint density at radius 3 is 2.04 bits per heavy atom. The van der Waals surface area contributed by atoms with Crippen LogP contribution in [0.2, 0.25) is 0 Å². The topological polar surface area (TPSA) is 174 Å². The molecule has 0 aromatic heterocycles. The number of carboxylic acid groups (broad SMARTS) is 4. The minimum absolute atomic E-state index is 0. The zero-order valence-electron chi connectivity index (χ0n) is 13.5. The van der Waals surface area contributed by atoms with Gasteiger partial charge in [-0.1, -0.05) is 13.5 Å². The van der Waals surface area contributed by atoms with E-state index >= 15 is 0 Å². The highest BCUT2D eigenvalue weighted by Gasteiger charge is 2.24. The van der Waals surface area contributed by atoms with Crippen LogP contribution in [0.25, 0.3) is 0 Å². The lowest BCUT2D eigenvalue weighted by atomic mass is 10.0. The van der Waals surface area contributed by atoms with Gasteiger partial charge in [0.15, 0.2) is 6.04 Å². The molecule has 10 nitrogen and oxygen atoms in total. The van der Waals surface area contributed by atoms with Crippen LogP contribution < -0.4 is 0 Å². The summed E-state index contributed by atoms with van der Waals surface area (Å²) in [6, 6.07) is -1.80. The highest BCUT2D eigenvalue weighted by Crippen LogP contribution is 2.13. The Bertz CT molecular complexity index is 630. The van der Waals surface area contributed by atoms with Gasteiger partial charge in [-0.2, -0.15) is 0 Å². The number of aliphatic carboxylic acids is 4. The second-order valence-electron chi connectivity index (χ2n) is 4.94. The lowest BCUT2D eigenvalue weighted by Gasteiger charge is -2.14. The van der Waals surface area contributed by atoms with Crippen molar-refractivity contribution in [3.05, 3.63) is 12.2 Å². The van der Waals surface area contributed by atoms with Crippen molar-refractivity contribution in [1.82, 2.24) is 0 Å². The van der Waals surface area contributed by atoms with Crippen LogP contribution >= 0.6 is 0 Å². The molecule has 0 fully saturated rings. The zero-order valence-corrected chi connectivity index (χ0v) is 12.5. The third-order valence-electron chi connectivity index (χ3n) is 3.17. The van der Waals surface area contributed by atoms with Gasteiger partial charge in [-0.15, -0.1) is 0 Å². The van der Waals surface area contributed by atoms with Crippen LogP contribution in [0, 0.1) is 0 Å². The van der Waals surface area contributed by atoms with Crippen LogP contribution in [0.5, 0.6) is 0 Å². The maximum absolute atomic E-state index is 10.4. The summed E-state index contributed by atoms with van der Waals surface area (Å²) in [7, 11) is 0. The normalized spacial score (nSPS) is 21.4. The summed E-state index contributed by atoms with van der Waals surface area (Å²) < 4.78 is 0. The molecule has 0 radical (unpaired) electrons. The first-order chi connectivity index (χ1) is 11.2. The molecule has 0 aromatic carbocycles. The molecule has 10 heteroatoms. The molecule has 0 bridgehead atoms. The first-order valence-corrected chi connectivity index (χ1v) is 6.95. The first kappa shape index (κ1) is 22.0. The van der Waals surface area contributed by atoms with E-state index in [0.29, 0.717) is 19.3 Å². The summed E-state index contributed by atoms with van der Waals surface area (Å²) in [5.41, 5.74) is -0.220. The molecule has 0 amide bonds. The third-order valence-corrected chi connectivity index (χ3v) is 3.17. The van der Waals surface area contributed by atoms with E-state index in [2.05, 4.69) is 9.98 Å². The highest BCUT2D eigenvalue weighted by molar-refractivity contribution is 6.40. The fourth-order valence-electron chi connectivity index (χ4n) is 1.98. The third kappa shape index (κ3) is 6.94. The minimum atomic E-state index is -1.20. The average Bonchev–Trinajstić information content (AvgIpc) is 2.55. The molecule has 2 rings (SSSR count). The molecule has 2 aliphatic rings. The van der Waals surface area contributed by atoms with Crippen LogP contribution in [-0.2, 0) is 19.2 Å². The van der Waals surface area contributed by atoms with E-state index in [0.717, 1.165) is 0 Å². The smallest absolute Gasteiger partial charge is 0.480 e. The van der Waals surface area contributed by atoms with Crippen molar-refractivity contribution in [2.24, 2.45) is 9.98 Å². The lowest BCUT2D eigenvalue weighted by Crippen LogP contribution is -2.27. The molecule has 0 saturated heterocycles. The second-order valence-corrected chi connectivity index (χ2v) is 4.94. The van der Waals surface area contributed by atoms with Crippen molar-refractivity contribution >= 4 is 35.3 Å². The molecule has 25 heavy (non-hydrogen) atoms. The Balaban J connectivity index is 0. The van der Waals surface area contributed by atoms with Crippen molar-refractivity contribution in [3.63, 3.8) is 0 Å². The summed E-state index contributed by atoms with van der Waals surface area (Å²) in [5, 5.41) is 34.0. The van der Waals surface area contributed by atoms with Crippen molar-refractivity contribution < 1.29 is 41.0 Å². The van der Waals surface area contributed by atoms with Gasteiger partial charge in [-0.05, 0) is 31.8 Å². The molecule has 2 atom stereocenters. The largest absolute Gasteiger partial charge is 1.00 e. The maximum atomic E-state index is 10.4. The standard InChI is InChI=1S/C7H9NO4.C7H7NO4.CH4/c2*9-6(10)4-2-1-3-5(8-4)7(11)12;/h4H,1-3H2,(H,9,10)(H,11,12);1-2,5H,3H2,(H,9,10)(H,11,12);1H4/p+1. The van der Waals surface area contributed by atoms with Crippen molar-refractivity contribution in [3.8, 4) is 0 Å². The van der Waals surface area contributed by atoms with E-state index < -0.39 is 36.0 Å². The predicted molar refractivity (Wildman–Crippen MR) is 88.4 cm³/mol. The van der Waals surface area contributed by atoms with Gasteiger partial charge in [-0.25, -0.2) is 19.2 Å². The van der Waals surface area contributed by atoms with Gasteiger partial charge in [0, 0.05) is 0 Å². The van der Waals surface area contributed by atoms with Gasteiger partial charge in [0.2, 0.25) is 0 Å². The number of dihydropyridines is 1. The number of hydrogen-bond acceptors (Lipinski definition) is 6. The van der Waals surface area contributed by atoms with Crippen LogP contribution in [0.1, 0.15) is 34.5 Å². The van der Waals surface area contributed by atoms with Crippen LogP contribution in [0.15, 0.2) is 22.1 Å². The maximum Gasteiger partial charge on any atom is 1.00 e. The van der Waals surface area contributed by atoms with E-state index in [4.69, 9.17) is 20.4 Å². The average molecular weight is 357 g/mol. The van der Waals surface area contributed by atoms with E-state index in [1.54, 1.807) is 0 Å². The van der Waals surface area contributed by atoms with Crippen LogP contribution in [0.4, 0.5) is 0 Å². The Kier molecular flexibility index (Phi) is 8.75. The fraction of sp³-hybridized carbons (Fsp3) is 0.467. The second kappa shape index (κ2) is 9.96. The van der Waals surface area contributed by atoms with Gasteiger partial charge in [0.25, 0.3) is 0 Å². The summed E-state index contributed by atoms with van der Waals surface area (Å²) in [5.74, 6) is -4.45. The highest BCUT2D eigenvalue weighted by atomic mass is 16.4.